The highest BCUT2D eigenvalue weighted by atomic mass is 35.5. The van der Waals surface area contributed by atoms with Gasteiger partial charge in [-0.3, -0.25) is 0 Å². The molecule has 0 spiro atoms. The maximum Gasteiger partial charge on any atom is 0.243 e. The molecular weight excluding hydrogens is 288 g/mol. The van der Waals surface area contributed by atoms with Crippen LogP contribution in [0, 0.1) is 18.3 Å². The van der Waals surface area contributed by atoms with Crippen molar-refractivity contribution >= 4 is 17.5 Å². The zero-order valence-corrected chi connectivity index (χ0v) is 12.6. The van der Waals surface area contributed by atoms with Gasteiger partial charge in [-0.15, -0.1) is 0 Å². The molecule has 2 aromatic rings. The van der Waals surface area contributed by atoms with Gasteiger partial charge in [-0.2, -0.15) is 10.2 Å². The van der Waals surface area contributed by atoms with Crippen molar-refractivity contribution in [1.82, 2.24) is 9.97 Å². The molecule has 0 saturated heterocycles. The van der Waals surface area contributed by atoms with Gasteiger partial charge in [0.2, 0.25) is 11.8 Å². The summed E-state index contributed by atoms with van der Waals surface area (Å²) >= 11 is 6.06. The van der Waals surface area contributed by atoms with Gasteiger partial charge in [0.25, 0.3) is 0 Å². The van der Waals surface area contributed by atoms with Crippen molar-refractivity contribution in [1.29, 1.82) is 5.26 Å². The van der Waals surface area contributed by atoms with E-state index in [9.17, 15) is 0 Å². The molecule has 0 aliphatic heterocycles. The van der Waals surface area contributed by atoms with E-state index in [0.29, 0.717) is 22.3 Å². The summed E-state index contributed by atoms with van der Waals surface area (Å²) in [6, 6.07) is 7.29. The Bertz CT molecular complexity index is 682. The molecule has 0 atom stereocenters. The first-order valence-electron chi connectivity index (χ1n) is 6.59. The van der Waals surface area contributed by atoms with Crippen molar-refractivity contribution in [3.8, 4) is 17.7 Å². The van der Waals surface area contributed by atoms with Gasteiger partial charge in [0.05, 0.1) is 17.8 Å². The minimum atomic E-state index is 0.267. The molecule has 1 heterocycles. The number of ether oxygens (including phenoxy) is 1. The molecule has 6 heteroatoms. The quantitative estimate of drug-likeness (QED) is 0.906. The number of rotatable bonds is 5. The van der Waals surface area contributed by atoms with Gasteiger partial charge in [0.15, 0.2) is 0 Å². The number of halogens is 1. The smallest absolute Gasteiger partial charge is 0.243 e. The third-order valence-corrected chi connectivity index (χ3v) is 3.03. The minimum Gasteiger partial charge on any atom is -0.437 e. The largest absolute Gasteiger partial charge is 0.437 e. The van der Waals surface area contributed by atoms with E-state index >= 15 is 0 Å². The van der Waals surface area contributed by atoms with Crippen LogP contribution in [0.15, 0.2) is 24.4 Å². The molecule has 0 radical (unpaired) electrons. The highest BCUT2D eigenvalue weighted by Crippen LogP contribution is 2.30. The average Bonchev–Trinajstić information content (AvgIpc) is 2.50. The van der Waals surface area contributed by atoms with Crippen molar-refractivity contribution in [2.75, 3.05) is 11.9 Å². The number of aryl methyl sites for hydroxylation is 1. The first-order chi connectivity index (χ1) is 10.1. The maximum absolute atomic E-state index is 8.95. The maximum atomic E-state index is 8.95. The normalized spacial score (nSPS) is 10.0. The Hall–Kier alpha value is -2.32. The standard InChI is InChI=1S/C15H15ClN4O/c1-3-6-18-15-19-9-12(16)14(20-15)21-13-7-11(8-17)5-4-10(13)2/h4-5,7,9H,3,6H2,1-2H3,(H,18,19,20). The van der Waals surface area contributed by atoms with Crippen LogP contribution in [0.25, 0.3) is 0 Å². The van der Waals surface area contributed by atoms with Crippen LogP contribution in [-0.2, 0) is 0 Å². The highest BCUT2D eigenvalue weighted by Gasteiger charge is 2.10. The number of hydrogen-bond donors (Lipinski definition) is 1. The molecule has 21 heavy (non-hydrogen) atoms. The van der Waals surface area contributed by atoms with E-state index in [1.54, 1.807) is 12.1 Å². The lowest BCUT2D eigenvalue weighted by Gasteiger charge is -2.10. The monoisotopic (exact) mass is 302 g/mol. The Morgan fingerprint density at radius 2 is 2.24 bits per heavy atom. The highest BCUT2D eigenvalue weighted by molar-refractivity contribution is 6.31. The predicted molar refractivity (Wildman–Crippen MR) is 81.8 cm³/mol. The van der Waals surface area contributed by atoms with Crippen LogP contribution in [0.3, 0.4) is 0 Å². The Kier molecular flexibility index (Phi) is 4.96. The number of nitrogens with one attached hydrogen (secondary N) is 1. The summed E-state index contributed by atoms with van der Waals surface area (Å²) in [5.41, 5.74) is 1.41. The topological polar surface area (TPSA) is 70.8 Å². The van der Waals surface area contributed by atoms with E-state index in [1.165, 1.54) is 6.20 Å². The molecule has 1 aromatic heterocycles. The lowest BCUT2D eigenvalue weighted by atomic mass is 10.1. The molecule has 0 aliphatic carbocycles. The Labute approximate surface area is 128 Å². The molecule has 0 amide bonds. The zero-order chi connectivity index (χ0) is 15.2. The Morgan fingerprint density at radius 1 is 1.43 bits per heavy atom. The van der Waals surface area contributed by atoms with Crippen LogP contribution < -0.4 is 10.1 Å². The summed E-state index contributed by atoms with van der Waals surface area (Å²) in [5.74, 6) is 1.28. The molecule has 0 bridgehead atoms. The second kappa shape index (κ2) is 6.91. The van der Waals surface area contributed by atoms with Crippen LogP contribution in [-0.4, -0.2) is 16.5 Å². The van der Waals surface area contributed by atoms with Crippen molar-refractivity contribution in [2.24, 2.45) is 0 Å². The van der Waals surface area contributed by atoms with Gasteiger partial charge in [0.1, 0.15) is 10.8 Å². The van der Waals surface area contributed by atoms with E-state index < -0.39 is 0 Å². The summed E-state index contributed by atoms with van der Waals surface area (Å²) in [6.45, 7) is 4.71. The van der Waals surface area contributed by atoms with Crippen LogP contribution in [0.2, 0.25) is 5.02 Å². The number of benzene rings is 1. The Balaban J connectivity index is 2.28. The van der Waals surface area contributed by atoms with Crippen molar-refractivity contribution in [3.05, 3.63) is 40.5 Å². The number of nitrogens with zero attached hydrogens (tertiary/aromatic N) is 3. The summed E-state index contributed by atoms with van der Waals surface area (Å²) in [7, 11) is 0. The molecule has 1 N–H and O–H groups in total. The number of hydrogen-bond acceptors (Lipinski definition) is 5. The van der Waals surface area contributed by atoms with E-state index in [4.69, 9.17) is 21.6 Å². The summed E-state index contributed by atoms with van der Waals surface area (Å²) in [4.78, 5) is 8.33. The fourth-order valence-corrected chi connectivity index (χ4v) is 1.76. The number of nitriles is 1. The summed E-state index contributed by atoms with van der Waals surface area (Å²) in [6.07, 6.45) is 2.46. The molecular formula is C15H15ClN4O. The van der Waals surface area contributed by atoms with Gasteiger partial charge in [-0.1, -0.05) is 24.6 Å². The third kappa shape index (κ3) is 3.83. The molecule has 0 saturated carbocycles. The van der Waals surface area contributed by atoms with Crippen LogP contribution in [0.4, 0.5) is 5.95 Å². The molecule has 0 aliphatic rings. The van der Waals surface area contributed by atoms with Crippen LogP contribution in [0.1, 0.15) is 24.5 Å². The Morgan fingerprint density at radius 3 is 2.95 bits per heavy atom. The lowest BCUT2D eigenvalue weighted by molar-refractivity contribution is 0.459. The van der Waals surface area contributed by atoms with Crippen LogP contribution in [0.5, 0.6) is 11.6 Å². The van der Waals surface area contributed by atoms with E-state index in [1.807, 2.05) is 13.0 Å². The van der Waals surface area contributed by atoms with Gasteiger partial charge < -0.3 is 10.1 Å². The molecule has 2 rings (SSSR count). The molecule has 0 fully saturated rings. The average molecular weight is 303 g/mol. The molecule has 5 nitrogen and oxygen atoms in total. The summed E-state index contributed by atoms with van der Waals surface area (Å²) in [5, 5.41) is 12.3. The van der Waals surface area contributed by atoms with Gasteiger partial charge in [0, 0.05) is 6.54 Å². The van der Waals surface area contributed by atoms with Gasteiger partial charge >= 0.3 is 0 Å². The minimum absolute atomic E-state index is 0.267. The van der Waals surface area contributed by atoms with Gasteiger partial charge in [-0.25, -0.2) is 4.98 Å². The van der Waals surface area contributed by atoms with Gasteiger partial charge in [-0.05, 0) is 31.0 Å². The zero-order valence-electron chi connectivity index (χ0n) is 11.9. The predicted octanol–water partition coefficient (Wildman–Crippen LogP) is 3.92. The van der Waals surface area contributed by atoms with Crippen molar-refractivity contribution in [2.45, 2.75) is 20.3 Å². The molecule has 0 unspecified atom stereocenters. The SMILES string of the molecule is CCCNc1ncc(Cl)c(Oc2cc(C#N)ccc2C)n1. The second-order valence-corrected chi connectivity index (χ2v) is 4.87. The molecule has 108 valence electrons. The molecule has 1 aromatic carbocycles. The second-order valence-electron chi connectivity index (χ2n) is 4.47. The van der Waals surface area contributed by atoms with Crippen molar-refractivity contribution < 1.29 is 4.74 Å². The van der Waals surface area contributed by atoms with Crippen LogP contribution >= 0.6 is 11.6 Å². The first kappa shape index (κ1) is 15.1. The number of aromatic nitrogens is 2. The fourth-order valence-electron chi connectivity index (χ4n) is 1.63. The fraction of sp³-hybridized carbons (Fsp3) is 0.267. The van der Waals surface area contributed by atoms with E-state index in [0.717, 1.165) is 18.5 Å². The first-order valence-corrected chi connectivity index (χ1v) is 6.97. The van der Waals surface area contributed by atoms with E-state index in [2.05, 4.69) is 28.3 Å². The lowest BCUT2D eigenvalue weighted by Crippen LogP contribution is -2.05. The summed E-state index contributed by atoms with van der Waals surface area (Å²) < 4.78 is 5.73. The number of anilines is 1. The van der Waals surface area contributed by atoms with Crippen molar-refractivity contribution in [3.63, 3.8) is 0 Å². The third-order valence-electron chi connectivity index (χ3n) is 2.77. The van der Waals surface area contributed by atoms with E-state index in [-0.39, 0.29) is 5.88 Å².